The number of rotatable bonds is 4. The minimum absolute atomic E-state index is 0.193. The molecule has 1 aromatic heterocycles. The standard InChI is InChI=1S/C18H20N4O/c1-2-13-3-5-14(6-4-13)15-9-11-22(12-10-15)17-8-7-16(18(19)23)20-21-17/h3-9H,2,10-12H2,1H3,(H2,19,23). The number of amides is 1. The van der Waals surface area contributed by atoms with Gasteiger partial charge in [-0.1, -0.05) is 37.3 Å². The van der Waals surface area contributed by atoms with E-state index in [0.717, 1.165) is 31.7 Å². The van der Waals surface area contributed by atoms with E-state index in [2.05, 4.69) is 52.4 Å². The first-order valence-corrected chi connectivity index (χ1v) is 7.84. The van der Waals surface area contributed by atoms with Crippen molar-refractivity contribution in [3.8, 4) is 0 Å². The lowest BCUT2D eigenvalue weighted by molar-refractivity contribution is 0.0994. The van der Waals surface area contributed by atoms with Gasteiger partial charge in [-0.15, -0.1) is 10.2 Å². The number of anilines is 1. The minimum Gasteiger partial charge on any atom is -0.364 e. The van der Waals surface area contributed by atoms with Gasteiger partial charge in [0.05, 0.1) is 0 Å². The molecule has 0 radical (unpaired) electrons. The van der Waals surface area contributed by atoms with Crippen LogP contribution in [0.1, 0.15) is 35.0 Å². The molecule has 0 aliphatic carbocycles. The van der Waals surface area contributed by atoms with E-state index in [-0.39, 0.29) is 5.69 Å². The molecule has 1 aliphatic rings. The molecule has 0 atom stereocenters. The van der Waals surface area contributed by atoms with Crippen LogP contribution in [0.25, 0.3) is 5.57 Å². The summed E-state index contributed by atoms with van der Waals surface area (Å²) in [5, 5.41) is 7.95. The first-order valence-electron chi connectivity index (χ1n) is 7.84. The minimum atomic E-state index is -0.555. The van der Waals surface area contributed by atoms with Crippen molar-refractivity contribution in [1.82, 2.24) is 10.2 Å². The number of carbonyl (C=O) groups is 1. The molecule has 0 bridgehead atoms. The Morgan fingerprint density at radius 3 is 2.48 bits per heavy atom. The number of primary amides is 1. The van der Waals surface area contributed by atoms with E-state index in [4.69, 9.17) is 5.73 Å². The third-order valence-corrected chi connectivity index (χ3v) is 4.17. The Kier molecular flexibility index (Phi) is 4.37. The van der Waals surface area contributed by atoms with Crippen molar-refractivity contribution >= 4 is 17.3 Å². The molecule has 0 unspecified atom stereocenters. The molecule has 2 aromatic rings. The van der Waals surface area contributed by atoms with Crippen molar-refractivity contribution in [2.75, 3.05) is 18.0 Å². The molecule has 1 aromatic carbocycles. The van der Waals surface area contributed by atoms with Crippen molar-refractivity contribution in [2.45, 2.75) is 19.8 Å². The second kappa shape index (κ2) is 6.60. The predicted molar refractivity (Wildman–Crippen MR) is 91.2 cm³/mol. The van der Waals surface area contributed by atoms with Gasteiger partial charge >= 0.3 is 0 Å². The molecule has 3 rings (SSSR count). The highest BCUT2D eigenvalue weighted by molar-refractivity contribution is 5.90. The van der Waals surface area contributed by atoms with Crippen LogP contribution < -0.4 is 10.6 Å². The third kappa shape index (κ3) is 3.39. The molecule has 2 heterocycles. The molecule has 0 saturated heterocycles. The number of hydrogen-bond acceptors (Lipinski definition) is 4. The Morgan fingerprint density at radius 1 is 1.17 bits per heavy atom. The molecule has 0 fully saturated rings. The lowest BCUT2D eigenvalue weighted by atomic mass is 9.98. The maximum atomic E-state index is 11.0. The van der Waals surface area contributed by atoms with Crippen LogP contribution in [-0.4, -0.2) is 29.2 Å². The van der Waals surface area contributed by atoms with Gasteiger partial charge in [0.25, 0.3) is 5.91 Å². The Balaban J connectivity index is 1.70. The van der Waals surface area contributed by atoms with Crippen molar-refractivity contribution in [2.24, 2.45) is 5.73 Å². The van der Waals surface area contributed by atoms with Gasteiger partial charge < -0.3 is 10.6 Å². The monoisotopic (exact) mass is 308 g/mol. The normalized spacial score (nSPS) is 14.5. The van der Waals surface area contributed by atoms with Crippen LogP contribution in [0.15, 0.2) is 42.5 Å². The number of aromatic nitrogens is 2. The molecular weight excluding hydrogens is 288 g/mol. The maximum Gasteiger partial charge on any atom is 0.269 e. The summed E-state index contributed by atoms with van der Waals surface area (Å²) in [6.45, 7) is 3.83. The fourth-order valence-corrected chi connectivity index (χ4v) is 2.72. The molecule has 2 N–H and O–H groups in total. The summed E-state index contributed by atoms with van der Waals surface area (Å²) < 4.78 is 0. The lowest BCUT2D eigenvalue weighted by Gasteiger charge is -2.27. The predicted octanol–water partition coefficient (Wildman–Crippen LogP) is 2.43. The van der Waals surface area contributed by atoms with Crippen LogP contribution in [0.5, 0.6) is 0 Å². The zero-order chi connectivity index (χ0) is 16.2. The second-order valence-corrected chi connectivity index (χ2v) is 5.62. The Labute approximate surface area is 135 Å². The zero-order valence-corrected chi connectivity index (χ0v) is 13.2. The zero-order valence-electron chi connectivity index (χ0n) is 13.2. The van der Waals surface area contributed by atoms with Gasteiger partial charge in [0.2, 0.25) is 0 Å². The van der Waals surface area contributed by atoms with E-state index in [0.29, 0.717) is 0 Å². The van der Waals surface area contributed by atoms with Gasteiger partial charge in [-0.25, -0.2) is 0 Å². The van der Waals surface area contributed by atoms with Gasteiger partial charge in [0, 0.05) is 13.1 Å². The van der Waals surface area contributed by atoms with Crippen molar-refractivity contribution < 1.29 is 4.79 Å². The molecule has 0 saturated carbocycles. The quantitative estimate of drug-likeness (QED) is 0.941. The van der Waals surface area contributed by atoms with Crippen molar-refractivity contribution in [3.63, 3.8) is 0 Å². The molecule has 0 spiro atoms. The summed E-state index contributed by atoms with van der Waals surface area (Å²) in [6.07, 6.45) is 4.26. The van der Waals surface area contributed by atoms with Crippen LogP contribution in [0.4, 0.5) is 5.82 Å². The summed E-state index contributed by atoms with van der Waals surface area (Å²) in [6, 6.07) is 12.2. The number of hydrogen-bond donors (Lipinski definition) is 1. The maximum absolute atomic E-state index is 11.0. The summed E-state index contributed by atoms with van der Waals surface area (Å²) in [7, 11) is 0. The van der Waals surface area contributed by atoms with E-state index in [1.54, 1.807) is 12.1 Å². The fraction of sp³-hybridized carbons (Fsp3) is 0.278. The number of aryl methyl sites for hydroxylation is 1. The van der Waals surface area contributed by atoms with Crippen LogP contribution in [0, 0.1) is 0 Å². The van der Waals surface area contributed by atoms with Gasteiger partial charge in [0.15, 0.2) is 11.5 Å². The second-order valence-electron chi connectivity index (χ2n) is 5.62. The molecule has 1 aliphatic heterocycles. The van der Waals surface area contributed by atoms with Crippen LogP contribution >= 0.6 is 0 Å². The number of nitrogens with zero attached hydrogens (tertiary/aromatic N) is 3. The summed E-state index contributed by atoms with van der Waals surface area (Å²) >= 11 is 0. The van der Waals surface area contributed by atoms with Gasteiger partial charge in [-0.3, -0.25) is 4.79 Å². The smallest absolute Gasteiger partial charge is 0.269 e. The molecule has 1 amide bonds. The lowest BCUT2D eigenvalue weighted by Crippen LogP contribution is -2.29. The van der Waals surface area contributed by atoms with Crippen LogP contribution in [0.2, 0.25) is 0 Å². The van der Waals surface area contributed by atoms with E-state index >= 15 is 0 Å². The highest BCUT2D eigenvalue weighted by atomic mass is 16.1. The summed E-state index contributed by atoms with van der Waals surface area (Å²) in [5.74, 6) is 0.215. The molecule has 5 heteroatoms. The Morgan fingerprint density at radius 2 is 1.96 bits per heavy atom. The number of carbonyl (C=O) groups excluding carboxylic acids is 1. The van der Waals surface area contributed by atoms with Crippen LogP contribution in [-0.2, 0) is 6.42 Å². The van der Waals surface area contributed by atoms with Gasteiger partial charge in [-0.05, 0) is 41.7 Å². The largest absolute Gasteiger partial charge is 0.364 e. The molecular formula is C18H20N4O. The summed E-state index contributed by atoms with van der Waals surface area (Å²) in [5.41, 5.74) is 9.39. The average molecular weight is 308 g/mol. The highest BCUT2D eigenvalue weighted by Crippen LogP contribution is 2.24. The SMILES string of the molecule is CCc1ccc(C2=CCN(c3ccc(C(N)=O)nn3)CC2)cc1. The van der Waals surface area contributed by atoms with E-state index in [1.807, 2.05) is 0 Å². The van der Waals surface area contributed by atoms with E-state index in [9.17, 15) is 4.79 Å². The summed E-state index contributed by atoms with van der Waals surface area (Å²) in [4.78, 5) is 13.2. The van der Waals surface area contributed by atoms with Crippen molar-refractivity contribution in [3.05, 3.63) is 59.3 Å². The molecule has 118 valence electrons. The third-order valence-electron chi connectivity index (χ3n) is 4.17. The average Bonchev–Trinajstić information content (AvgIpc) is 2.62. The number of nitrogens with two attached hydrogens (primary N) is 1. The van der Waals surface area contributed by atoms with E-state index in [1.165, 1.54) is 16.7 Å². The topological polar surface area (TPSA) is 72.1 Å². The number of benzene rings is 1. The van der Waals surface area contributed by atoms with E-state index < -0.39 is 5.91 Å². The van der Waals surface area contributed by atoms with Gasteiger partial charge in [0.1, 0.15) is 0 Å². The van der Waals surface area contributed by atoms with Crippen molar-refractivity contribution in [1.29, 1.82) is 0 Å². The van der Waals surface area contributed by atoms with Gasteiger partial charge in [-0.2, -0.15) is 0 Å². The first-order chi connectivity index (χ1) is 11.2. The molecule has 23 heavy (non-hydrogen) atoms. The Hall–Kier alpha value is -2.69. The highest BCUT2D eigenvalue weighted by Gasteiger charge is 2.15. The Bertz CT molecular complexity index is 720. The molecule has 5 nitrogen and oxygen atoms in total. The van der Waals surface area contributed by atoms with Crippen LogP contribution in [0.3, 0.4) is 0 Å². The first kappa shape index (κ1) is 15.2. The fourth-order valence-electron chi connectivity index (χ4n) is 2.72.